The van der Waals surface area contributed by atoms with E-state index in [4.69, 9.17) is 5.73 Å². The molecule has 1 aromatic heterocycles. The predicted octanol–water partition coefficient (Wildman–Crippen LogP) is 1.93. The van der Waals surface area contributed by atoms with Gasteiger partial charge >= 0.3 is 0 Å². The number of carbonyl (C=O) groups excluding carboxylic acids is 1. The minimum Gasteiger partial charge on any atom is -0.352 e. The van der Waals surface area contributed by atoms with Crippen LogP contribution >= 0.6 is 0 Å². The summed E-state index contributed by atoms with van der Waals surface area (Å²) in [6.07, 6.45) is 2.80. The number of hydrogen-bond acceptors (Lipinski definition) is 3. The van der Waals surface area contributed by atoms with Gasteiger partial charge in [0.2, 0.25) is 5.91 Å². The van der Waals surface area contributed by atoms with Gasteiger partial charge in [-0.2, -0.15) is 5.10 Å². The molecule has 1 heterocycles. The third kappa shape index (κ3) is 3.74. The Hall–Kier alpha value is -2.14. The highest BCUT2D eigenvalue weighted by Gasteiger charge is 2.22. The van der Waals surface area contributed by atoms with Gasteiger partial charge in [0, 0.05) is 31.4 Å². The standard InChI is InChI=1S/C17H24N4O/c1-4-15-14(11-21(3)20-15)10-19-17(22)12(2)16(18)13-8-6-5-7-9-13/h5-9,11-12,16H,4,10,18H2,1-3H3,(H,19,22). The average Bonchev–Trinajstić information content (AvgIpc) is 2.92. The minimum absolute atomic E-state index is 0.0396. The molecule has 22 heavy (non-hydrogen) atoms. The molecule has 2 aromatic rings. The molecule has 0 aliphatic carbocycles. The molecule has 5 heteroatoms. The van der Waals surface area contributed by atoms with E-state index in [0.717, 1.165) is 23.2 Å². The molecular weight excluding hydrogens is 276 g/mol. The van der Waals surface area contributed by atoms with Gasteiger partial charge < -0.3 is 11.1 Å². The Balaban J connectivity index is 1.97. The number of amides is 1. The average molecular weight is 300 g/mol. The van der Waals surface area contributed by atoms with Crippen LogP contribution in [0.25, 0.3) is 0 Å². The number of nitrogens with one attached hydrogen (secondary N) is 1. The van der Waals surface area contributed by atoms with Crippen LogP contribution in [0.1, 0.15) is 36.7 Å². The molecule has 2 atom stereocenters. The van der Waals surface area contributed by atoms with E-state index in [2.05, 4.69) is 17.3 Å². The van der Waals surface area contributed by atoms with Crippen molar-refractivity contribution in [2.75, 3.05) is 0 Å². The van der Waals surface area contributed by atoms with E-state index in [1.54, 1.807) is 4.68 Å². The first kappa shape index (κ1) is 16.2. The molecule has 5 nitrogen and oxygen atoms in total. The molecule has 0 saturated carbocycles. The maximum Gasteiger partial charge on any atom is 0.225 e. The molecule has 1 aromatic carbocycles. The summed E-state index contributed by atoms with van der Waals surface area (Å²) < 4.78 is 1.78. The van der Waals surface area contributed by atoms with Crippen LogP contribution in [-0.2, 0) is 24.8 Å². The van der Waals surface area contributed by atoms with E-state index < -0.39 is 0 Å². The fourth-order valence-electron chi connectivity index (χ4n) is 2.50. The van der Waals surface area contributed by atoms with E-state index >= 15 is 0 Å². The molecule has 0 aliphatic rings. The predicted molar refractivity (Wildman–Crippen MR) is 87.0 cm³/mol. The highest BCUT2D eigenvalue weighted by molar-refractivity contribution is 5.79. The van der Waals surface area contributed by atoms with Gasteiger partial charge in [-0.15, -0.1) is 0 Å². The van der Waals surface area contributed by atoms with E-state index in [0.29, 0.717) is 6.54 Å². The van der Waals surface area contributed by atoms with Gasteiger partial charge in [-0.05, 0) is 12.0 Å². The van der Waals surface area contributed by atoms with Gasteiger partial charge in [0.15, 0.2) is 0 Å². The number of hydrogen-bond donors (Lipinski definition) is 2. The van der Waals surface area contributed by atoms with E-state index in [1.165, 1.54) is 0 Å². The van der Waals surface area contributed by atoms with Crippen LogP contribution in [0, 0.1) is 5.92 Å². The molecule has 0 fully saturated rings. The van der Waals surface area contributed by atoms with Gasteiger partial charge in [-0.25, -0.2) is 0 Å². The van der Waals surface area contributed by atoms with Crippen LogP contribution in [0.15, 0.2) is 36.5 Å². The zero-order valence-electron chi connectivity index (χ0n) is 13.4. The topological polar surface area (TPSA) is 72.9 Å². The Bertz CT molecular complexity index is 621. The van der Waals surface area contributed by atoms with Crippen LogP contribution in [0.4, 0.5) is 0 Å². The molecule has 2 unspecified atom stereocenters. The monoisotopic (exact) mass is 300 g/mol. The number of nitrogens with zero attached hydrogens (tertiary/aromatic N) is 2. The van der Waals surface area contributed by atoms with Crippen LogP contribution < -0.4 is 11.1 Å². The smallest absolute Gasteiger partial charge is 0.225 e. The number of benzene rings is 1. The summed E-state index contributed by atoms with van der Waals surface area (Å²) in [5, 5.41) is 7.34. The summed E-state index contributed by atoms with van der Waals surface area (Å²) in [6.45, 7) is 4.40. The lowest BCUT2D eigenvalue weighted by atomic mass is 9.94. The molecule has 0 bridgehead atoms. The van der Waals surface area contributed by atoms with E-state index in [1.807, 2.05) is 50.5 Å². The number of nitrogens with two attached hydrogens (primary N) is 1. The first-order valence-electron chi connectivity index (χ1n) is 7.62. The number of aryl methyl sites for hydroxylation is 2. The summed E-state index contributed by atoms with van der Waals surface area (Å²) >= 11 is 0. The lowest BCUT2D eigenvalue weighted by Crippen LogP contribution is -2.35. The van der Waals surface area contributed by atoms with Crippen molar-refractivity contribution in [3.05, 3.63) is 53.3 Å². The second-order valence-electron chi connectivity index (χ2n) is 5.57. The van der Waals surface area contributed by atoms with Crippen LogP contribution in [-0.4, -0.2) is 15.7 Å². The van der Waals surface area contributed by atoms with Gasteiger partial charge in [-0.1, -0.05) is 44.2 Å². The van der Waals surface area contributed by atoms with E-state index in [-0.39, 0.29) is 17.9 Å². The summed E-state index contributed by atoms with van der Waals surface area (Å²) in [7, 11) is 1.89. The van der Waals surface area contributed by atoms with Crippen molar-refractivity contribution >= 4 is 5.91 Å². The highest BCUT2D eigenvalue weighted by atomic mass is 16.1. The maximum atomic E-state index is 12.3. The molecule has 0 radical (unpaired) electrons. The third-order valence-corrected chi connectivity index (χ3v) is 3.92. The lowest BCUT2D eigenvalue weighted by molar-refractivity contribution is -0.125. The third-order valence-electron chi connectivity index (χ3n) is 3.92. The Morgan fingerprint density at radius 2 is 2.05 bits per heavy atom. The summed E-state index contributed by atoms with van der Waals surface area (Å²) in [4.78, 5) is 12.3. The van der Waals surface area contributed by atoms with Crippen molar-refractivity contribution in [2.24, 2.45) is 18.7 Å². The molecule has 0 spiro atoms. The zero-order chi connectivity index (χ0) is 16.1. The number of aromatic nitrogens is 2. The molecule has 3 N–H and O–H groups in total. The minimum atomic E-state index is -0.305. The van der Waals surface area contributed by atoms with E-state index in [9.17, 15) is 4.79 Å². The van der Waals surface area contributed by atoms with Crippen LogP contribution in [0.2, 0.25) is 0 Å². The molecular formula is C17H24N4O. The second-order valence-corrected chi connectivity index (χ2v) is 5.57. The number of carbonyl (C=O) groups is 1. The SMILES string of the molecule is CCc1nn(C)cc1CNC(=O)C(C)C(N)c1ccccc1. The molecule has 118 valence electrons. The van der Waals surface area contributed by atoms with Crippen molar-refractivity contribution in [1.82, 2.24) is 15.1 Å². The Kier molecular flexibility index (Phi) is 5.33. The first-order chi connectivity index (χ1) is 10.5. The van der Waals surface area contributed by atoms with Crippen molar-refractivity contribution in [1.29, 1.82) is 0 Å². The lowest BCUT2D eigenvalue weighted by Gasteiger charge is -2.19. The fourth-order valence-corrected chi connectivity index (χ4v) is 2.50. The summed E-state index contributed by atoms with van der Waals surface area (Å²) in [6, 6.07) is 9.40. The molecule has 0 saturated heterocycles. The molecule has 1 amide bonds. The van der Waals surface area contributed by atoms with Crippen LogP contribution in [0.3, 0.4) is 0 Å². The summed E-state index contributed by atoms with van der Waals surface area (Å²) in [5.41, 5.74) is 9.24. The van der Waals surface area contributed by atoms with Gasteiger partial charge in [0.1, 0.15) is 0 Å². The van der Waals surface area contributed by atoms with Crippen molar-refractivity contribution in [2.45, 2.75) is 32.9 Å². The zero-order valence-corrected chi connectivity index (χ0v) is 13.4. The van der Waals surface area contributed by atoms with Gasteiger partial charge in [-0.3, -0.25) is 9.48 Å². The fraction of sp³-hybridized carbons (Fsp3) is 0.412. The van der Waals surface area contributed by atoms with Crippen molar-refractivity contribution in [3.8, 4) is 0 Å². The second kappa shape index (κ2) is 7.22. The normalized spacial score (nSPS) is 13.6. The molecule has 2 rings (SSSR count). The quantitative estimate of drug-likeness (QED) is 0.856. The first-order valence-corrected chi connectivity index (χ1v) is 7.62. The highest BCUT2D eigenvalue weighted by Crippen LogP contribution is 2.19. The largest absolute Gasteiger partial charge is 0.352 e. The van der Waals surface area contributed by atoms with Crippen molar-refractivity contribution in [3.63, 3.8) is 0 Å². The van der Waals surface area contributed by atoms with Gasteiger partial charge in [0.25, 0.3) is 0 Å². The maximum absolute atomic E-state index is 12.3. The summed E-state index contributed by atoms with van der Waals surface area (Å²) in [5.74, 6) is -0.327. The van der Waals surface area contributed by atoms with Gasteiger partial charge in [0.05, 0.1) is 11.6 Å². The Labute approximate surface area is 131 Å². The van der Waals surface area contributed by atoms with Crippen molar-refractivity contribution < 1.29 is 4.79 Å². The van der Waals surface area contributed by atoms with Crippen LogP contribution in [0.5, 0.6) is 0 Å². The Morgan fingerprint density at radius 1 is 1.36 bits per heavy atom. The number of rotatable bonds is 6. The Morgan fingerprint density at radius 3 is 2.68 bits per heavy atom. The molecule has 0 aliphatic heterocycles.